The number of alkyl carbamates (subject to hydrolysis) is 1. The zero-order chi connectivity index (χ0) is 16.3. The van der Waals surface area contributed by atoms with E-state index in [1.807, 2.05) is 18.2 Å². The number of hydrogen-bond acceptors (Lipinski definition) is 3. The summed E-state index contributed by atoms with van der Waals surface area (Å²) in [4.78, 5) is 23.4. The lowest BCUT2D eigenvalue weighted by molar-refractivity contribution is -0.141. The van der Waals surface area contributed by atoms with Gasteiger partial charge >= 0.3 is 12.1 Å². The van der Waals surface area contributed by atoms with Gasteiger partial charge < -0.3 is 15.2 Å². The number of carbonyl (C=O) groups excluding carboxylic acids is 1. The molecule has 0 saturated heterocycles. The van der Waals surface area contributed by atoms with Crippen LogP contribution in [0.3, 0.4) is 0 Å². The Hall–Kier alpha value is -2.04. The molecule has 0 aliphatic heterocycles. The maximum atomic E-state index is 11.9. The van der Waals surface area contributed by atoms with Crippen molar-refractivity contribution in [2.24, 2.45) is 5.92 Å². The summed E-state index contributed by atoms with van der Waals surface area (Å²) in [5, 5.41) is 12.0. The van der Waals surface area contributed by atoms with Crippen LogP contribution >= 0.6 is 0 Å². The number of nitrogens with one attached hydrogen (secondary N) is 1. The predicted octanol–water partition coefficient (Wildman–Crippen LogP) is 2.77. The van der Waals surface area contributed by atoms with Crippen molar-refractivity contribution in [1.82, 2.24) is 5.32 Å². The van der Waals surface area contributed by atoms with Gasteiger partial charge in [-0.15, -0.1) is 0 Å². The van der Waals surface area contributed by atoms with E-state index >= 15 is 0 Å². The molecule has 5 heteroatoms. The summed E-state index contributed by atoms with van der Waals surface area (Å²) in [6.45, 7) is 5.25. The standard InChI is InChI=1S/C17H23NO4/c1-17(2,3)22-16(21)18-14(15(19)20)13-9-8-11-6-4-5-7-12(11)10-13/h4-7,13-14H,8-10H2,1-3H3,(H,18,21)(H,19,20)/t13-,14+/m0/s1. The minimum atomic E-state index is -1.02. The van der Waals surface area contributed by atoms with Crippen molar-refractivity contribution in [1.29, 1.82) is 0 Å². The molecule has 22 heavy (non-hydrogen) atoms. The van der Waals surface area contributed by atoms with Crippen molar-refractivity contribution in [3.05, 3.63) is 35.4 Å². The largest absolute Gasteiger partial charge is 0.480 e. The highest BCUT2D eigenvalue weighted by molar-refractivity contribution is 5.80. The SMILES string of the molecule is CC(C)(C)OC(=O)N[C@@H](C(=O)O)[C@H]1CCc2ccccc2C1. The lowest BCUT2D eigenvalue weighted by Crippen LogP contribution is -2.49. The summed E-state index contributed by atoms with van der Waals surface area (Å²) in [7, 11) is 0. The number of fused-ring (bicyclic) bond motifs is 1. The first-order valence-electron chi connectivity index (χ1n) is 7.55. The number of hydrogen-bond donors (Lipinski definition) is 2. The molecule has 0 bridgehead atoms. The number of carboxylic acid groups (broad SMARTS) is 1. The second-order valence-electron chi connectivity index (χ2n) is 6.73. The third kappa shape index (κ3) is 4.23. The highest BCUT2D eigenvalue weighted by Gasteiger charge is 2.33. The van der Waals surface area contributed by atoms with Crippen LogP contribution in [0.4, 0.5) is 4.79 Å². The Morgan fingerprint density at radius 2 is 1.91 bits per heavy atom. The van der Waals surface area contributed by atoms with Gasteiger partial charge in [-0.05, 0) is 57.1 Å². The third-order valence-electron chi connectivity index (χ3n) is 3.79. The number of carboxylic acids is 1. The molecule has 0 spiro atoms. The first-order valence-corrected chi connectivity index (χ1v) is 7.55. The molecular formula is C17H23NO4. The van der Waals surface area contributed by atoms with Crippen molar-refractivity contribution in [3.63, 3.8) is 0 Å². The molecule has 0 aromatic heterocycles. The molecule has 0 saturated carbocycles. The van der Waals surface area contributed by atoms with E-state index in [4.69, 9.17) is 4.74 Å². The van der Waals surface area contributed by atoms with Crippen molar-refractivity contribution in [3.8, 4) is 0 Å². The highest BCUT2D eigenvalue weighted by atomic mass is 16.6. The molecule has 2 rings (SSSR count). The number of aryl methyl sites for hydroxylation is 1. The summed E-state index contributed by atoms with van der Waals surface area (Å²) in [6.07, 6.45) is 1.55. The van der Waals surface area contributed by atoms with Gasteiger partial charge in [-0.3, -0.25) is 0 Å². The summed E-state index contributed by atoms with van der Waals surface area (Å²) in [5.41, 5.74) is 1.78. The van der Waals surface area contributed by atoms with Crippen LogP contribution in [0.5, 0.6) is 0 Å². The average Bonchev–Trinajstić information content (AvgIpc) is 2.42. The molecule has 5 nitrogen and oxygen atoms in total. The summed E-state index contributed by atoms with van der Waals surface area (Å²) < 4.78 is 5.17. The molecule has 1 aliphatic rings. The van der Waals surface area contributed by atoms with Crippen LogP contribution in [-0.2, 0) is 22.4 Å². The third-order valence-corrected chi connectivity index (χ3v) is 3.79. The fourth-order valence-corrected chi connectivity index (χ4v) is 2.83. The van der Waals surface area contributed by atoms with Crippen molar-refractivity contribution in [2.45, 2.75) is 51.7 Å². The Kier molecular flexibility index (Phi) is 4.74. The van der Waals surface area contributed by atoms with Gasteiger partial charge in [-0.1, -0.05) is 24.3 Å². The van der Waals surface area contributed by atoms with E-state index < -0.39 is 23.7 Å². The summed E-state index contributed by atoms with van der Waals surface area (Å²) in [6, 6.07) is 7.12. The second kappa shape index (κ2) is 6.38. The van der Waals surface area contributed by atoms with Crippen molar-refractivity contribution >= 4 is 12.1 Å². The van der Waals surface area contributed by atoms with Crippen LogP contribution < -0.4 is 5.32 Å². The van der Waals surface area contributed by atoms with Crippen LogP contribution in [0.2, 0.25) is 0 Å². The fourth-order valence-electron chi connectivity index (χ4n) is 2.83. The molecule has 120 valence electrons. The van der Waals surface area contributed by atoms with Crippen LogP contribution in [0.15, 0.2) is 24.3 Å². The van der Waals surface area contributed by atoms with E-state index in [9.17, 15) is 14.7 Å². The number of aliphatic carboxylic acids is 1. The Labute approximate surface area is 130 Å². The Bertz CT molecular complexity index is 562. The van der Waals surface area contributed by atoms with Gasteiger partial charge in [-0.25, -0.2) is 9.59 Å². The molecule has 2 atom stereocenters. The van der Waals surface area contributed by atoms with Crippen LogP contribution in [-0.4, -0.2) is 28.8 Å². The topological polar surface area (TPSA) is 75.6 Å². The van der Waals surface area contributed by atoms with Crippen LogP contribution in [0, 0.1) is 5.92 Å². The zero-order valence-electron chi connectivity index (χ0n) is 13.3. The van der Waals surface area contributed by atoms with Gasteiger partial charge in [0.1, 0.15) is 11.6 Å². The van der Waals surface area contributed by atoms with Gasteiger partial charge in [0, 0.05) is 0 Å². The molecule has 1 aromatic rings. The average molecular weight is 305 g/mol. The highest BCUT2D eigenvalue weighted by Crippen LogP contribution is 2.27. The Morgan fingerprint density at radius 1 is 1.27 bits per heavy atom. The fraction of sp³-hybridized carbons (Fsp3) is 0.529. The van der Waals surface area contributed by atoms with Crippen molar-refractivity contribution < 1.29 is 19.4 Å². The Balaban J connectivity index is 2.07. The summed E-state index contributed by atoms with van der Waals surface area (Å²) >= 11 is 0. The molecule has 1 amide bonds. The zero-order valence-corrected chi connectivity index (χ0v) is 13.3. The van der Waals surface area contributed by atoms with E-state index in [0.717, 1.165) is 18.4 Å². The maximum absolute atomic E-state index is 11.9. The quantitative estimate of drug-likeness (QED) is 0.900. The molecule has 0 radical (unpaired) electrons. The summed E-state index contributed by atoms with van der Waals surface area (Å²) in [5.74, 6) is -1.14. The van der Waals surface area contributed by atoms with Crippen molar-refractivity contribution in [2.75, 3.05) is 0 Å². The van der Waals surface area contributed by atoms with Gasteiger partial charge in [-0.2, -0.15) is 0 Å². The second-order valence-corrected chi connectivity index (χ2v) is 6.73. The smallest absolute Gasteiger partial charge is 0.408 e. The van der Waals surface area contributed by atoms with E-state index in [1.54, 1.807) is 20.8 Å². The number of carbonyl (C=O) groups is 2. The van der Waals surface area contributed by atoms with Crippen LogP contribution in [0.1, 0.15) is 38.3 Å². The van der Waals surface area contributed by atoms with Gasteiger partial charge in [0.15, 0.2) is 0 Å². The van der Waals surface area contributed by atoms with E-state index in [-0.39, 0.29) is 5.92 Å². The van der Waals surface area contributed by atoms with Crippen LogP contribution in [0.25, 0.3) is 0 Å². The molecule has 0 heterocycles. The first kappa shape index (κ1) is 16.3. The number of ether oxygens (including phenoxy) is 1. The molecule has 0 fully saturated rings. The number of amides is 1. The van der Waals surface area contributed by atoms with E-state index in [2.05, 4.69) is 11.4 Å². The Morgan fingerprint density at radius 3 is 2.50 bits per heavy atom. The first-order chi connectivity index (χ1) is 10.3. The van der Waals surface area contributed by atoms with Gasteiger partial charge in [0.05, 0.1) is 0 Å². The lowest BCUT2D eigenvalue weighted by Gasteiger charge is -2.30. The number of benzene rings is 1. The molecule has 0 unspecified atom stereocenters. The molecule has 2 N–H and O–H groups in total. The van der Waals surface area contributed by atoms with E-state index in [1.165, 1.54) is 5.56 Å². The number of rotatable bonds is 3. The molecular weight excluding hydrogens is 282 g/mol. The monoisotopic (exact) mass is 305 g/mol. The van der Waals surface area contributed by atoms with E-state index in [0.29, 0.717) is 6.42 Å². The maximum Gasteiger partial charge on any atom is 0.408 e. The molecule has 1 aromatic carbocycles. The lowest BCUT2D eigenvalue weighted by atomic mass is 9.80. The minimum Gasteiger partial charge on any atom is -0.480 e. The van der Waals surface area contributed by atoms with Gasteiger partial charge in [0.2, 0.25) is 0 Å². The van der Waals surface area contributed by atoms with Gasteiger partial charge in [0.25, 0.3) is 0 Å². The molecule has 1 aliphatic carbocycles. The minimum absolute atomic E-state index is 0.125. The normalized spacial score (nSPS) is 19.0. The predicted molar refractivity (Wildman–Crippen MR) is 82.8 cm³/mol.